The van der Waals surface area contributed by atoms with Crippen molar-refractivity contribution in [2.45, 2.75) is 6.92 Å². The maximum atomic E-state index is 2.26. The van der Waals surface area contributed by atoms with Crippen LogP contribution in [0.25, 0.3) is 0 Å². The third kappa shape index (κ3) is 1.22. The average molecular weight is 192 g/mol. The second-order valence-corrected chi connectivity index (χ2v) is 3.94. The molecule has 0 amide bonds. The van der Waals surface area contributed by atoms with E-state index in [1.165, 1.54) is 28.2 Å². The molecule has 0 unspecified atom stereocenters. The Labute approximate surface area is 90.6 Å². The lowest BCUT2D eigenvalue weighted by Crippen LogP contribution is -2.10. The van der Waals surface area contributed by atoms with Gasteiger partial charge in [-0.15, -0.1) is 0 Å². The second kappa shape index (κ2) is 3.09. The molecule has 1 aliphatic carbocycles. The predicted octanol–water partition coefficient (Wildman–Crippen LogP) is 3.59. The first-order chi connectivity index (χ1) is 7.36. The Morgan fingerprint density at radius 2 is 1.27 bits per heavy atom. The van der Waals surface area contributed by atoms with Crippen molar-refractivity contribution in [3.63, 3.8) is 0 Å². The lowest BCUT2D eigenvalue weighted by molar-refractivity contribution is 1.11. The molecule has 0 nitrogen and oxygen atoms in total. The smallest absolute Gasteiger partial charge is 0.0111 e. The Hall–Kier alpha value is -1.82. The van der Waals surface area contributed by atoms with Crippen molar-refractivity contribution in [1.29, 1.82) is 0 Å². The lowest BCUT2D eigenvalue weighted by atomic mass is 9.79. The average Bonchev–Trinajstić information content (AvgIpc) is 2.30. The predicted molar refractivity (Wildman–Crippen MR) is 62.5 cm³/mol. The van der Waals surface area contributed by atoms with Crippen LogP contribution < -0.4 is 0 Å². The minimum atomic E-state index is 1.33. The topological polar surface area (TPSA) is 0 Å². The van der Waals surface area contributed by atoms with Crippen molar-refractivity contribution in [3.8, 4) is 0 Å². The fourth-order valence-electron chi connectivity index (χ4n) is 2.24. The molecule has 0 aliphatic heterocycles. The van der Waals surface area contributed by atoms with Crippen molar-refractivity contribution in [2.24, 2.45) is 0 Å². The summed E-state index contributed by atoms with van der Waals surface area (Å²) in [6.07, 6.45) is 2.26. The van der Waals surface area contributed by atoms with E-state index in [9.17, 15) is 0 Å². The number of benzene rings is 2. The van der Waals surface area contributed by atoms with E-state index in [-0.39, 0.29) is 0 Å². The van der Waals surface area contributed by atoms with Gasteiger partial charge in [0.1, 0.15) is 5.92 Å². The molecule has 0 saturated heterocycles. The molecule has 15 heavy (non-hydrogen) atoms. The summed E-state index contributed by atoms with van der Waals surface area (Å²) in [7, 11) is 0. The molecule has 0 heterocycles. The van der Waals surface area contributed by atoms with Crippen molar-refractivity contribution in [3.05, 3.63) is 83.1 Å². The Morgan fingerprint density at radius 3 is 1.80 bits per heavy atom. The van der Waals surface area contributed by atoms with E-state index in [0.717, 1.165) is 0 Å². The van der Waals surface area contributed by atoms with Gasteiger partial charge in [-0.25, -0.2) is 0 Å². The zero-order valence-corrected chi connectivity index (χ0v) is 8.70. The molecule has 1 aliphatic rings. The van der Waals surface area contributed by atoms with Crippen LogP contribution in [0, 0.1) is 12.3 Å². The summed E-state index contributed by atoms with van der Waals surface area (Å²) < 4.78 is 0. The Balaban J connectivity index is 2.20. The van der Waals surface area contributed by atoms with Gasteiger partial charge in [0, 0.05) is 31.2 Å². The second-order valence-electron chi connectivity index (χ2n) is 3.94. The molecule has 2 aromatic rings. The van der Waals surface area contributed by atoms with Crippen LogP contribution in [-0.2, 0) is 0 Å². The molecule has 0 N–H and O–H groups in total. The lowest BCUT2D eigenvalue weighted by Gasteiger charge is -2.11. The zero-order chi connectivity index (χ0) is 10.3. The van der Waals surface area contributed by atoms with Crippen LogP contribution in [0.1, 0.15) is 29.2 Å². The van der Waals surface area contributed by atoms with E-state index in [1.807, 2.05) is 0 Å². The highest BCUT2D eigenvalue weighted by atomic mass is 14.2. The Morgan fingerprint density at radius 1 is 0.800 bits per heavy atom. The Bertz CT molecular complexity index is 451. The molecule has 0 saturated carbocycles. The molecule has 0 fully saturated rings. The highest BCUT2D eigenvalue weighted by molar-refractivity contribution is 5.62. The monoisotopic (exact) mass is 192 g/mol. The number of rotatable bonds is 0. The molecule has 70 valence electrons. The van der Waals surface area contributed by atoms with Crippen molar-refractivity contribution < 1.29 is 0 Å². The van der Waals surface area contributed by atoms with Gasteiger partial charge in [0.15, 0.2) is 22.3 Å². The van der Waals surface area contributed by atoms with E-state index in [2.05, 4.69) is 61.9 Å². The van der Waals surface area contributed by atoms with E-state index in [1.54, 1.807) is 0 Å². The SMILES string of the molecule is C[C+]1c2ccccc2[CH+]c2ccccc21. The van der Waals surface area contributed by atoms with Crippen LogP contribution in [0.15, 0.2) is 48.5 Å². The minimum Gasteiger partial charge on any atom is -0.0111 e. The largest absolute Gasteiger partial charge is 0.153 e. The summed E-state index contributed by atoms with van der Waals surface area (Å²) in [5.41, 5.74) is 5.37. The first-order valence-electron chi connectivity index (χ1n) is 5.23. The van der Waals surface area contributed by atoms with Crippen molar-refractivity contribution in [1.82, 2.24) is 0 Å². The summed E-state index contributed by atoms with van der Waals surface area (Å²) >= 11 is 0. The first-order valence-corrected chi connectivity index (χ1v) is 5.23. The molecule has 0 bridgehead atoms. The van der Waals surface area contributed by atoms with Gasteiger partial charge in [0.2, 0.25) is 0 Å². The van der Waals surface area contributed by atoms with Gasteiger partial charge in [-0.1, -0.05) is 0 Å². The van der Waals surface area contributed by atoms with E-state index in [0.29, 0.717) is 0 Å². The molecule has 2 aromatic carbocycles. The quantitative estimate of drug-likeness (QED) is 0.559. The van der Waals surface area contributed by atoms with Crippen LogP contribution in [0.3, 0.4) is 0 Å². The van der Waals surface area contributed by atoms with Crippen LogP contribution in [0.4, 0.5) is 0 Å². The fourth-order valence-corrected chi connectivity index (χ4v) is 2.24. The summed E-state index contributed by atoms with van der Waals surface area (Å²) in [6.45, 7) is 2.20. The van der Waals surface area contributed by atoms with E-state index in [4.69, 9.17) is 0 Å². The molecule has 3 rings (SSSR count). The summed E-state index contributed by atoms with van der Waals surface area (Å²) in [4.78, 5) is 0. The fraction of sp³-hybridized carbons (Fsp3) is 0.0667. The summed E-state index contributed by atoms with van der Waals surface area (Å²) in [5, 5.41) is 0. The number of hydrogen-bond acceptors (Lipinski definition) is 0. The normalized spacial score (nSPS) is 12.7. The molecule has 0 radical (unpaired) electrons. The number of fused-ring (bicyclic) bond motifs is 2. The maximum Gasteiger partial charge on any atom is 0.153 e. The molecule has 0 atom stereocenters. The molecule has 0 aromatic heterocycles. The van der Waals surface area contributed by atoms with Crippen LogP contribution >= 0.6 is 0 Å². The van der Waals surface area contributed by atoms with Gasteiger partial charge >= 0.3 is 0 Å². The van der Waals surface area contributed by atoms with Gasteiger partial charge in [-0.05, 0) is 24.3 Å². The van der Waals surface area contributed by atoms with E-state index < -0.39 is 0 Å². The van der Waals surface area contributed by atoms with Crippen LogP contribution in [0.2, 0.25) is 0 Å². The van der Waals surface area contributed by atoms with E-state index >= 15 is 0 Å². The van der Waals surface area contributed by atoms with Gasteiger partial charge in [0.25, 0.3) is 0 Å². The van der Waals surface area contributed by atoms with Gasteiger partial charge in [-0.3, -0.25) is 0 Å². The standard InChI is InChI=1S/C15H12/c1-11-14-8-4-2-6-12(14)10-13-7-3-5-9-15(11)13/h2-10H,1H3/q+2. The molecular formula is C15H12+2. The van der Waals surface area contributed by atoms with Crippen LogP contribution in [0.5, 0.6) is 0 Å². The van der Waals surface area contributed by atoms with Crippen molar-refractivity contribution in [2.75, 3.05) is 0 Å². The maximum absolute atomic E-state index is 2.26. The highest BCUT2D eigenvalue weighted by Gasteiger charge is 2.35. The number of hydrogen-bond donors (Lipinski definition) is 0. The third-order valence-corrected chi connectivity index (χ3v) is 3.04. The van der Waals surface area contributed by atoms with Crippen LogP contribution in [-0.4, -0.2) is 0 Å². The molecule has 0 heteroatoms. The Kier molecular flexibility index (Phi) is 1.75. The van der Waals surface area contributed by atoms with Crippen molar-refractivity contribution >= 4 is 0 Å². The summed E-state index contributed by atoms with van der Waals surface area (Å²) in [6, 6.07) is 17.1. The third-order valence-electron chi connectivity index (χ3n) is 3.04. The first kappa shape index (κ1) is 8.49. The van der Waals surface area contributed by atoms with Gasteiger partial charge < -0.3 is 0 Å². The highest BCUT2D eigenvalue weighted by Crippen LogP contribution is 2.35. The van der Waals surface area contributed by atoms with Gasteiger partial charge in [0.05, 0.1) is 6.42 Å². The molecule has 0 spiro atoms. The minimum absolute atomic E-state index is 1.33. The molecular weight excluding hydrogens is 180 g/mol. The zero-order valence-electron chi connectivity index (χ0n) is 8.70. The van der Waals surface area contributed by atoms with Gasteiger partial charge in [-0.2, -0.15) is 0 Å². The summed E-state index contributed by atoms with van der Waals surface area (Å²) in [5.74, 6) is 1.38.